The van der Waals surface area contributed by atoms with Crippen LogP contribution in [0.4, 0.5) is 0 Å². The Hall–Kier alpha value is -3.08. The third-order valence-electron chi connectivity index (χ3n) is 5.75. The van der Waals surface area contributed by atoms with Crippen LogP contribution in [0.15, 0.2) is 47.2 Å². The highest BCUT2D eigenvalue weighted by atomic mass is 79.9. The SMILES string of the molecule is CCCCc1nc(Cl)c(CO)n1Cc1ccn2c(Br)c(-c3ccccc3-c3nn[nH]n3)nc2c1. The first-order valence-electron chi connectivity index (χ1n) is 10.9. The number of benzene rings is 1. The number of aromatic nitrogens is 8. The highest BCUT2D eigenvalue weighted by molar-refractivity contribution is 9.10. The molecule has 0 bridgehead atoms. The zero-order valence-electron chi connectivity index (χ0n) is 18.4. The summed E-state index contributed by atoms with van der Waals surface area (Å²) in [6, 6.07) is 11.9. The molecule has 0 radical (unpaired) electrons. The molecule has 9 nitrogen and oxygen atoms in total. The van der Waals surface area contributed by atoms with Gasteiger partial charge in [-0.2, -0.15) is 5.21 Å². The summed E-state index contributed by atoms with van der Waals surface area (Å²) in [5.41, 5.74) is 4.96. The van der Waals surface area contributed by atoms with Crippen LogP contribution in [0.1, 0.15) is 36.8 Å². The van der Waals surface area contributed by atoms with Crippen molar-refractivity contribution in [3.8, 4) is 22.6 Å². The van der Waals surface area contributed by atoms with Crippen molar-refractivity contribution < 1.29 is 5.11 Å². The summed E-state index contributed by atoms with van der Waals surface area (Å²) in [5.74, 6) is 1.39. The average Bonchev–Trinajstić information content (AvgIpc) is 3.56. The lowest BCUT2D eigenvalue weighted by atomic mass is 10.0. The zero-order chi connectivity index (χ0) is 23.7. The molecule has 11 heteroatoms. The van der Waals surface area contributed by atoms with E-state index in [1.165, 1.54) is 0 Å². The molecule has 0 atom stereocenters. The van der Waals surface area contributed by atoms with Crippen LogP contribution in [-0.4, -0.2) is 44.7 Å². The molecule has 0 amide bonds. The second kappa shape index (κ2) is 9.65. The largest absolute Gasteiger partial charge is 0.390 e. The van der Waals surface area contributed by atoms with Crippen molar-refractivity contribution in [2.24, 2.45) is 0 Å². The highest BCUT2D eigenvalue weighted by Crippen LogP contribution is 2.35. The van der Waals surface area contributed by atoms with Crippen LogP contribution in [0.3, 0.4) is 0 Å². The molecule has 5 aromatic rings. The predicted octanol–water partition coefficient (Wildman–Crippen LogP) is 4.68. The number of aliphatic hydroxyl groups is 1. The number of halogens is 2. The summed E-state index contributed by atoms with van der Waals surface area (Å²) in [6.45, 7) is 2.52. The first-order chi connectivity index (χ1) is 16.6. The van der Waals surface area contributed by atoms with E-state index in [-0.39, 0.29) is 6.61 Å². The predicted molar refractivity (Wildman–Crippen MR) is 132 cm³/mol. The highest BCUT2D eigenvalue weighted by Gasteiger charge is 2.19. The minimum atomic E-state index is -0.161. The lowest BCUT2D eigenvalue weighted by molar-refractivity contribution is 0.271. The summed E-state index contributed by atoms with van der Waals surface area (Å²) < 4.78 is 4.82. The molecule has 5 rings (SSSR count). The Bertz CT molecular complexity index is 1440. The van der Waals surface area contributed by atoms with Crippen LogP contribution < -0.4 is 0 Å². The second-order valence-corrected chi connectivity index (χ2v) is 9.02. The van der Waals surface area contributed by atoms with E-state index in [4.69, 9.17) is 16.6 Å². The van der Waals surface area contributed by atoms with Crippen molar-refractivity contribution in [2.75, 3.05) is 0 Å². The summed E-state index contributed by atoms with van der Waals surface area (Å²) in [6.07, 6.45) is 4.85. The van der Waals surface area contributed by atoms with Crippen molar-refractivity contribution in [2.45, 2.75) is 39.3 Å². The number of pyridine rings is 1. The van der Waals surface area contributed by atoms with Gasteiger partial charge in [0.1, 0.15) is 21.8 Å². The Morgan fingerprint density at radius 3 is 2.71 bits per heavy atom. The topological polar surface area (TPSA) is 110 Å². The molecule has 4 aromatic heterocycles. The van der Waals surface area contributed by atoms with Crippen LogP contribution in [0, 0.1) is 0 Å². The number of hydrogen-bond acceptors (Lipinski definition) is 6. The maximum Gasteiger partial charge on any atom is 0.205 e. The molecule has 2 N–H and O–H groups in total. The van der Waals surface area contributed by atoms with Gasteiger partial charge in [0.15, 0.2) is 5.15 Å². The van der Waals surface area contributed by atoms with Gasteiger partial charge in [-0.15, -0.1) is 10.2 Å². The van der Waals surface area contributed by atoms with Gasteiger partial charge in [-0.05, 0) is 45.3 Å². The molecule has 0 saturated heterocycles. The number of rotatable bonds is 8. The van der Waals surface area contributed by atoms with Crippen molar-refractivity contribution in [3.63, 3.8) is 0 Å². The van der Waals surface area contributed by atoms with Crippen LogP contribution in [0.5, 0.6) is 0 Å². The Labute approximate surface area is 209 Å². The molecular formula is C23H22BrClN8O. The monoisotopic (exact) mass is 540 g/mol. The van der Waals surface area contributed by atoms with Crippen molar-refractivity contribution >= 4 is 33.2 Å². The van der Waals surface area contributed by atoms with E-state index in [0.717, 1.165) is 57.7 Å². The Kier molecular flexibility index (Phi) is 6.44. The second-order valence-electron chi connectivity index (χ2n) is 7.91. The quantitative estimate of drug-likeness (QED) is 0.295. The van der Waals surface area contributed by atoms with Crippen LogP contribution in [-0.2, 0) is 19.6 Å². The van der Waals surface area contributed by atoms with Gasteiger partial charge in [-0.3, -0.25) is 4.40 Å². The van der Waals surface area contributed by atoms with E-state index in [9.17, 15) is 5.11 Å². The number of nitrogens with zero attached hydrogens (tertiary/aromatic N) is 7. The lowest BCUT2D eigenvalue weighted by Gasteiger charge is -2.11. The third kappa shape index (κ3) is 4.13. The molecule has 174 valence electrons. The zero-order valence-corrected chi connectivity index (χ0v) is 20.8. The summed E-state index contributed by atoms with van der Waals surface area (Å²) in [5, 5.41) is 24.7. The van der Waals surface area contributed by atoms with E-state index in [1.807, 2.05) is 51.6 Å². The molecule has 4 heterocycles. The van der Waals surface area contributed by atoms with Crippen molar-refractivity contribution in [1.29, 1.82) is 0 Å². The van der Waals surface area contributed by atoms with Crippen LogP contribution >= 0.6 is 27.5 Å². The fraction of sp³-hybridized carbons (Fsp3) is 0.261. The third-order valence-corrected chi connectivity index (χ3v) is 6.81. The number of H-pyrrole nitrogens is 1. The van der Waals surface area contributed by atoms with E-state index >= 15 is 0 Å². The maximum atomic E-state index is 9.87. The van der Waals surface area contributed by atoms with Crippen molar-refractivity contribution in [3.05, 3.63) is 69.4 Å². The molecule has 0 aliphatic carbocycles. The van der Waals surface area contributed by atoms with E-state index in [0.29, 0.717) is 23.2 Å². The number of unbranched alkanes of at least 4 members (excludes halogenated alkanes) is 1. The van der Waals surface area contributed by atoms with Gasteiger partial charge >= 0.3 is 0 Å². The van der Waals surface area contributed by atoms with Crippen molar-refractivity contribution in [1.82, 2.24) is 39.6 Å². The van der Waals surface area contributed by atoms with Crippen LogP contribution in [0.2, 0.25) is 5.15 Å². The van der Waals surface area contributed by atoms with Crippen LogP contribution in [0.25, 0.3) is 28.3 Å². The van der Waals surface area contributed by atoms with Gasteiger partial charge in [0.05, 0.1) is 12.3 Å². The number of imidazole rings is 2. The summed E-state index contributed by atoms with van der Waals surface area (Å²) in [7, 11) is 0. The standard InChI is InChI=1S/C23H22BrClN8O/c1-2-3-8-18-27-22(25)17(13-34)33(18)12-14-9-10-32-19(11-14)26-20(21(32)24)15-6-4-5-7-16(15)23-28-30-31-29-23/h4-7,9-11,34H,2-3,8,12-13H2,1H3,(H,28,29,30,31). The van der Waals surface area contributed by atoms with E-state index in [1.54, 1.807) is 0 Å². The fourth-order valence-electron chi connectivity index (χ4n) is 4.04. The molecule has 0 aliphatic heterocycles. The first-order valence-corrected chi connectivity index (χ1v) is 12.1. The number of nitrogens with one attached hydrogen (secondary N) is 1. The molecule has 0 spiro atoms. The average molecular weight is 542 g/mol. The smallest absolute Gasteiger partial charge is 0.205 e. The van der Waals surface area contributed by atoms with E-state index in [2.05, 4.69) is 48.5 Å². The van der Waals surface area contributed by atoms with Gasteiger partial charge < -0.3 is 9.67 Å². The van der Waals surface area contributed by atoms with Gasteiger partial charge in [0.2, 0.25) is 5.82 Å². The minimum absolute atomic E-state index is 0.161. The maximum absolute atomic E-state index is 9.87. The number of aliphatic hydroxyl groups excluding tert-OH is 1. The molecule has 34 heavy (non-hydrogen) atoms. The number of tetrazole rings is 1. The lowest BCUT2D eigenvalue weighted by Crippen LogP contribution is -2.09. The summed E-state index contributed by atoms with van der Waals surface area (Å²) >= 11 is 10.0. The van der Waals surface area contributed by atoms with Gasteiger partial charge in [-0.1, -0.05) is 49.2 Å². The fourth-order valence-corrected chi connectivity index (χ4v) is 4.90. The number of hydrogen-bond donors (Lipinski definition) is 2. The van der Waals surface area contributed by atoms with Gasteiger partial charge in [-0.25, -0.2) is 9.97 Å². The normalized spacial score (nSPS) is 11.5. The Balaban J connectivity index is 1.54. The molecule has 0 saturated carbocycles. The number of aromatic amines is 1. The van der Waals surface area contributed by atoms with E-state index < -0.39 is 0 Å². The molecular weight excluding hydrogens is 520 g/mol. The molecule has 0 unspecified atom stereocenters. The van der Waals surface area contributed by atoms with Gasteiger partial charge in [0.25, 0.3) is 0 Å². The minimum Gasteiger partial charge on any atom is -0.390 e. The molecule has 0 aliphatic rings. The first kappa shape index (κ1) is 22.7. The van der Waals surface area contributed by atoms with Gasteiger partial charge in [0, 0.05) is 30.3 Å². The number of fused-ring (bicyclic) bond motifs is 1. The molecule has 1 aromatic carbocycles. The summed E-state index contributed by atoms with van der Waals surface area (Å²) in [4.78, 5) is 9.39. The Morgan fingerprint density at radius 2 is 1.97 bits per heavy atom. The number of aryl methyl sites for hydroxylation is 1. The Morgan fingerprint density at radius 1 is 1.15 bits per heavy atom. The molecule has 0 fully saturated rings.